The molecule has 6 atom stereocenters. The van der Waals surface area contributed by atoms with Gasteiger partial charge in [0, 0.05) is 34.2 Å². The summed E-state index contributed by atoms with van der Waals surface area (Å²) >= 11 is 13.7. The third-order valence-corrected chi connectivity index (χ3v) is 14.7. The molecule has 1 N–H and O–H groups in total. The van der Waals surface area contributed by atoms with Gasteiger partial charge in [0.15, 0.2) is 11.5 Å². The van der Waals surface area contributed by atoms with Gasteiger partial charge in [0.1, 0.15) is 0 Å². The first-order chi connectivity index (χ1) is 27.1. The molecule has 13 heteroatoms. The molecule has 4 aromatic carbocycles. The van der Waals surface area contributed by atoms with Crippen molar-refractivity contribution in [2.75, 3.05) is 48.1 Å². The van der Waals surface area contributed by atoms with E-state index in [1.54, 1.807) is 30.3 Å². The molecular formula is C43H36Br2ClN3O7. The van der Waals surface area contributed by atoms with Crippen LogP contribution in [0.15, 0.2) is 106 Å². The molecule has 2 aliphatic carbocycles. The van der Waals surface area contributed by atoms with Crippen molar-refractivity contribution in [1.82, 2.24) is 0 Å². The fourth-order valence-electron chi connectivity index (χ4n) is 9.95. The van der Waals surface area contributed by atoms with Gasteiger partial charge in [-0.05, 0) is 110 Å². The van der Waals surface area contributed by atoms with E-state index in [0.717, 1.165) is 24.4 Å². The van der Waals surface area contributed by atoms with Crippen molar-refractivity contribution in [2.24, 2.45) is 23.7 Å². The number of phenols is 1. The molecule has 4 aromatic rings. The third kappa shape index (κ3) is 5.43. The van der Waals surface area contributed by atoms with Crippen molar-refractivity contribution < 1.29 is 33.8 Å². The molecule has 56 heavy (non-hydrogen) atoms. The summed E-state index contributed by atoms with van der Waals surface area (Å²) in [5, 5.41) is 11.4. The number of morpholine rings is 1. The number of phenolic OH excluding ortho intramolecular Hbond substituents is 1. The molecule has 0 bridgehead atoms. The molecule has 0 radical (unpaired) electrons. The highest BCUT2D eigenvalue weighted by molar-refractivity contribution is 9.13. The molecule has 4 fully saturated rings. The lowest BCUT2D eigenvalue weighted by atomic mass is 9.49. The van der Waals surface area contributed by atoms with E-state index < -0.39 is 46.8 Å². The molecule has 9 rings (SSSR count). The van der Waals surface area contributed by atoms with Crippen LogP contribution in [0.25, 0.3) is 0 Å². The Hall–Kier alpha value is -4.49. The minimum atomic E-state index is -1.50. The van der Waals surface area contributed by atoms with Crippen LogP contribution in [0.4, 0.5) is 17.1 Å². The number of carbonyl (C=O) groups excluding carboxylic acids is 4. The second-order valence-electron chi connectivity index (χ2n) is 14.9. The summed E-state index contributed by atoms with van der Waals surface area (Å²) in [7, 11) is 1.44. The normalized spacial score (nSPS) is 27.2. The zero-order valence-corrected chi connectivity index (χ0v) is 34.1. The number of fused-ring (bicyclic) bond motifs is 4. The molecule has 1 saturated carbocycles. The zero-order chi connectivity index (χ0) is 39.0. The van der Waals surface area contributed by atoms with Crippen LogP contribution >= 0.6 is 43.5 Å². The standard InChI is InChI=1S/C43H36Br2ClN3O7/c1-55-33-22-31(36(44)37(45)38(33)50)35-28-14-15-29-34(41(53)48(39(29)51)26-12-10-25(11-13-26)47-16-18-56-19-17-47)30(28)21-32-40(52)49(27-9-5-8-24(46)20-27)42(54)43(32,35)23-6-3-2-4-7-23/h2-14,20,22,29-30,32,34-35,50H,15-19,21H2,1H3. The number of rotatable bonds is 6. The number of ether oxygens (including phenoxy) is 2. The van der Waals surface area contributed by atoms with Crippen LogP contribution in [-0.4, -0.2) is 62.1 Å². The van der Waals surface area contributed by atoms with Crippen LogP contribution in [-0.2, 0) is 29.3 Å². The molecule has 0 aromatic heterocycles. The molecule has 3 saturated heterocycles. The number of aromatic hydroxyl groups is 1. The maximum atomic E-state index is 15.6. The lowest BCUT2D eigenvalue weighted by molar-refractivity contribution is -0.127. The minimum absolute atomic E-state index is 0.139. The van der Waals surface area contributed by atoms with E-state index in [0.29, 0.717) is 49.7 Å². The largest absolute Gasteiger partial charge is 0.503 e. The predicted octanol–water partition coefficient (Wildman–Crippen LogP) is 7.78. The first-order valence-corrected chi connectivity index (χ1v) is 20.5. The van der Waals surface area contributed by atoms with Crippen LogP contribution in [0.2, 0.25) is 5.02 Å². The topological polar surface area (TPSA) is 117 Å². The second-order valence-corrected chi connectivity index (χ2v) is 16.9. The van der Waals surface area contributed by atoms with E-state index in [1.165, 1.54) is 16.9 Å². The van der Waals surface area contributed by atoms with Gasteiger partial charge in [-0.2, -0.15) is 0 Å². The quantitative estimate of drug-likeness (QED) is 0.154. The summed E-state index contributed by atoms with van der Waals surface area (Å²) in [5.41, 5.74) is 2.31. The SMILES string of the molecule is COc1cc(C2C3=CCC4C(=O)N(c5ccc(N6CCOCC6)cc5)C(=O)C4C3CC3C(=O)N(c4cccc(Cl)c4)C(=O)C32c2ccccc2)c(Br)c(Br)c1O. The maximum absolute atomic E-state index is 15.6. The van der Waals surface area contributed by atoms with Crippen LogP contribution < -0.4 is 19.4 Å². The Kier molecular flexibility index (Phi) is 9.38. The number of hydrogen-bond acceptors (Lipinski definition) is 8. The Bertz CT molecular complexity index is 2330. The number of anilines is 3. The van der Waals surface area contributed by atoms with Crippen molar-refractivity contribution in [3.05, 3.63) is 122 Å². The Morgan fingerprint density at radius 2 is 1.52 bits per heavy atom. The highest BCUT2D eigenvalue weighted by atomic mass is 79.9. The van der Waals surface area contributed by atoms with E-state index in [1.807, 2.05) is 60.7 Å². The summed E-state index contributed by atoms with van der Waals surface area (Å²) in [6.07, 6.45) is 2.42. The zero-order valence-electron chi connectivity index (χ0n) is 30.2. The Morgan fingerprint density at radius 1 is 0.804 bits per heavy atom. The van der Waals surface area contributed by atoms with E-state index in [2.05, 4.69) is 36.8 Å². The summed E-state index contributed by atoms with van der Waals surface area (Å²) in [4.78, 5) is 64.6. The number of methoxy groups -OCH3 is 1. The lowest BCUT2D eigenvalue weighted by Crippen LogP contribution is -2.53. The van der Waals surface area contributed by atoms with E-state index in [9.17, 15) is 14.7 Å². The molecule has 3 aliphatic heterocycles. The molecular weight excluding hydrogens is 866 g/mol. The van der Waals surface area contributed by atoms with Gasteiger partial charge >= 0.3 is 0 Å². The van der Waals surface area contributed by atoms with Crippen molar-refractivity contribution in [2.45, 2.75) is 24.2 Å². The first kappa shape index (κ1) is 37.1. The molecule has 5 aliphatic rings. The van der Waals surface area contributed by atoms with Crippen LogP contribution in [0, 0.1) is 23.7 Å². The predicted molar refractivity (Wildman–Crippen MR) is 218 cm³/mol. The van der Waals surface area contributed by atoms with Gasteiger partial charge in [-0.15, -0.1) is 0 Å². The Balaban J connectivity index is 1.22. The van der Waals surface area contributed by atoms with Gasteiger partial charge in [-0.25, -0.2) is 4.90 Å². The summed E-state index contributed by atoms with van der Waals surface area (Å²) in [6.45, 7) is 2.77. The molecule has 6 unspecified atom stereocenters. The monoisotopic (exact) mass is 899 g/mol. The number of carbonyl (C=O) groups is 4. The average molecular weight is 902 g/mol. The fraction of sp³-hybridized carbons (Fsp3) is 0.302. The molecule has 4 amide bonds. The van der Waals surface area contributed by atoms with Crippen LogP contribution in [0.3, 0.4) is 0 Å². The van der Waals surface area contributed by atoms with Gasteiger partial charge in [0.25, 0.3) is 0 Å². The van der Waals surface area contributed by atoms with E-state index in [4.69, 9.17) is 21.1 Å². The smallest absolute Gasteiger partial charge is 0.246 e. The average Bonchev–Trinajstić information content (AvgIpc) is 3.61. The number of allylic oxidation sites excluding steroid dienone is 2. The van der Waals surface area contributed by atoms with Gasteiger partial charge in [-0.1, -0.05) is 59.6 Å². The molecule has 286 valence electrons. The number of amides is 4. The summed E-state index contributed by atoms with van der Waals surface area (Å²) in [6, 6.07) is 25.1. The van der Waals surface area contributed by atoms with Gasteiger partial charge < -0.3 is 19.5 Å². The summed E-state index contributed by atoms with van der Waals surface area (Å²) < 4.78 is 11.9. The molecule has 3 heterocycles. The van der Waals surface area contributed by atoms with Gasteiger partial charge in [0.2, 0.25) is 23.6 Å². The van der Waals surface area contributed by atoms with Crippen molar-refractivity contribution in [3.63, 3.8) is 0 Å². The van der Waals surface area contributed by atoms with Crippen molar-refractivity contribution in [1.29, 1.82) is 0 Å². The second kappa shape index (κ2) is 14.2. The number of hydrogen-bond donors (Lipinski definition) is 1. The van der Waals surface area contributed by atoms with Gasteiger partial charge in [0.05, 0.1) is 59.3 Å². The van der Waals surface area contributed by atoms with Gasteiger partial charge in [-0.3, -0.25) is 24.1 Å². The fourth-order valence-corrected chi connectivity index (χ4v) is 11.1. The van der Waals surface area contributed by atoms with Crippen molar-refractivity contribution in [3.8, 4) is 11.5 Å². The number of benzene rings is 4. The van der Waals surface area contributed by atoms with Crippen LogP contribution in [0.1, 0.15) is 29.9 Å². The molecule has 0 spiro atoms. The Labute approximate surface area is 345 Å². The third-order valence-electron chi connectivity index (χ3n) is 12.4. The Morgan fingerprint density at radius 3 is 2.21 bits per heavy atom. The highest BCUT2D eigenvalue weighted by Crippen LogP contribution is 2.66. The maximum Gasteiger partial charge on any atom is 0.246 e. The number of nitrogens with zero attached hydrogens (tertiary/aromatic N) is 3. The number of imide groups is 2. The van der Waals surface area contributed by atoms with Crippen molar-refractivity contribution >= 4 is 84.2 Å². The van der Waals surface area contributed by atoms with Crippen LogP contribution in [0.5, 0.6) is 11.5 Å². The lowest BCUT2D eigenvalue weighted by Gasteiger charge is -2.51. The highest BCUT2D eigenvalue weighted by Gasteiger charge is 2.70. The van der Waals surface area contributed by atoms with E-state index in [-0.39, 0.29) is 36.2 Å². The molecule has 10 nitrogen and oxygen atoms in total. The summed E-state index contributed by atoms with van der Waals surface area (Å²) in [5.74, 6) is -5.22. The minimum Gasteiger partial charge on any atom is -0.503 e. The first-order valence-electron chi connectivity index (χ1n) is 18.5. The number of halogens is 3. The van der Waals surface area contributed by atoms with E-state index >= 15 is 9.59 Å².